The summed E-state index contributed by atoms with van der Waals surface area (Å²) in [5.74, 6) is -1.00. The summed E-state index contributed by atoms with van der Waals surface area (Å²) < 4.78 is 38.9. The van der Waals surface area contributed by atoms with E-state index in [0.717, 1.165) is 18.7 Å². The molecule has 0 atom stereocenters. The van der Waals surface area contributed by atoms with Crippen molar-refractivity contribution in [2.24, 2.45) is 0 Å². The highest BCUT2D eigenvalue weighted by Crippen LogP contribution is 2.36. The monoisotopic (exact) mass is 486 g/mol. The van der Waals surface area contributed by atoms with E-state index in [1.54, 1.807) is 38.3 Å². The number of benzene rings is 2. The zero-order chi connectivity index (χ0) is 26.0. The number of aryl methyl sites for hydroxylation is 1. The molecule has 3 N–H and O–H groups in total. The average Bonchev–Trinajstić information content (AvgIpc) is 3.24. The molecule has 0 saturated carbocycles. The maximum Gasteiger partial charge on any atom is 0.211 e. The molecule has 2 heterocycles. The zero-order valence-corrected chi connectivity index (χ0v) is 20.2. The lowest BCUT2D eigenvalue weighted by Crippen LogP contribution is -2.04. The standard InChI is InChI=1S/C19H14F2N6O2.C3H8O.C2H6/c1-10-24-25-19-16(23-9-28)8-15(26-27(10)19)13-7-12(22)3-5-17(13)29-18-4-2-11(20)6-14(18)21;1-3-4-2;1-2/h2-9H,22H2,1H3,(H,23,28);3H2,1-2H3;1-2H3. The summed E-state index contributed by atoms with van der Waals surface area (Å²) in [5.41, 5.74) is 7.85. The van der Waals surface area contributed by atoms with Crippen LogP contribution in [0.3, 0.4) is 0 Å². The van der Waals surface area contributed by atoms with Crippen LogP contribution < -0.4 is 15.8 Å². The Hall–Kier alpha value is -4.12. The average molecular weight is 487 g/mol. The van der Waals surface area contributed by atoms with Gasteiger partial charge in [-0.2, -0.15) is 9.61 Å². The molecule has 0 radical (unpaired) electrons. The maximum absolute atomic E-state index is 14.1. The second kappa shape index (κ2) is 12.9. The molecular formula is C24H28F2N6O3. The first-order chi connectivity index (χ1) is 16.9. The molecular weight excluding hydrogens is 458 g/mol. The van der Waals surface area contributed by atoms with Gasteiger partial charge < -0.3 is 20.5 Å². The molecule has 0 aliphatic heterocycles. The van der Waals surface area contributed by atoms with Crippen molar-refractivity contribution in [1.29, 1.82) is 0 Å². The van der Waals surface area contributed by atoms with Gasteiger partial charge >= 0.3 is 0 Å². The quantitative estimate of drug-likeness (QED) is 0.291. The third-order valence-electron chi connectivity index (χ3n) is 4.42. The number of hydrogen-bond donors (Lipinski definition) is 2. The van der Waals surface area contributed by atoms with Crippen molar-refractivity contribution in [3.63, 3.8) is 0 Å². The van der Waals surface area contributed by atoms with Gasteiger partial charge in [0.1, 0.15) is 11.6 Å². The molecule has 35 heavy (non-hydrogen) atoms. The molecule has 186 valence electrons. The van der Waals surface area contributed by atoms with Crippen molar-refractivity contribution in [1.82, 2.24) is 19.8 Å². The zero-order valence-electron chi connectivity index (χ0n) is 20.2. The lowest BCUT2D eigenvalue weighted by Gasteiger charge is -2.13. The number of amides is 1. The minimum absolute atomic E-state index is 0.162. The van der Waals surface area contributed by atoms with Crippen LogP contribution in [0.2, 0.25) is 0 Å². The minimum Gasteiger partial charge on any atom is -0.454 e. The van der Waals surface area contributed by atoms with Gasteiger partial charge in [0.05, 0.1) is 11.4 Å². The van der Waals surface area contributed by atoms with Gasteiger partial charge in [0.25, 0.3) is 0 Å². The van der Waals surface area contributed by atoms with E-state index in [1.807, 2.05) is 20.8 Å². The van der Waals surface area contributed by atoms with E-state index in [2.05, 4.69) is 25.3 Å². The Labute approximate surface area is 201 Å². The van der Waals surface area contributed by atoms with Gasteiger partial charge in [-0.25, -0.2) is 8.78 Å². The van der Waals surface area contributed by atoms with Crippen molar-refractivity contribution >= 4 is 23.4 Å². The summed E-state index contributed by atoms with van der Waals surface area (Å²) in [6.07, 6.45) is 0.508. The summed E-state index contributed by atoms with van der Waals surface area (Å²) in [7, 11) is 1.68. The number of carbonyl (C=O) groups is 1. The molecule has 0 aliphatic rings. The summed E-state index contributed by atoms with van der Waals surface area (Å²) in [6.45, 7) is 8.48. The number of ether oxygens (including phenoxy) is 2. The molecule has 9 nitrogen and oxygen atoms in total. The number of aromatic nitrogens is 4. The number of nitrogens with two attached hydrogens (primary N) is 1. The third kappa shape index (κ3) is 6.70. The van der Waals surface area contributed by atoms with Gasteiger partial charge in [0, 0.05) is 31.0 Å². The molecule has 2 aromatic carbocycles. The first-order valence-corrected chi connectivity index (χ1v) is 10.8. The summed E-state index contributed by atoms with van der Waals surface area (Å²) in [6, 6.07) is 9.29. The van der Waals surface area contributed by atoms with Crippen LogP contribution in [0.25, 0.3) is 16.9 Å². The van der Waals surface area contributed by atoms with E-state index in [4.69, 9.17) is 10.5 Å². The van der Waals surface area contributed by atoms with Crippen molar-refractivity contribution in [2.45, 2.75) is 27.7 Å². The van der Waals surface area contributed by atoms with Crippen molar-refractivity contribution in [3.05, 3.63) is 59.9 Å². The third-order valence-corrected chi connectivity index (χ3v) is 4.42. The number of nitrogen functional groups attached to an aromatic ring is 1. The fourth-order valence-electron chi connectivity index (χ4n) is 2.80. The van der Waals surface area contributed by atoms with Crippen LogP contribution in [-0.4, -0.2) is 39.9 Å². The second-order valence-electron chi connectivity index (χ2n) is 6.70. The van der Waals surface area contributed by atoms with E-state index in [-0.39, 0.29) is 11.5 Å². The number of methoxy groups -OCH3 is 1. The number of carbonyl (C=O) groups excluding carboxylic acids is 1. The first-order valence-electron chi connectivity index (χ1n) is 10.8. The van der Waals surface area contributed by atoms with Crippen molar-refractivity contribution in [2.75, 3.05) is 24.8 Å². The summed E-state index contributed by atoms with van der Waals surface area (Å²) in [5, 5.41) is 15.0. The fraction of sp³-hybridized carbons (Fsp3) is 0.250. The molecule has 11 heteroatoms. The van der Waals surface area contributed by atoms with Gasteiger partial charge in [0.2, 0.25) is 12.1 Å². The number of nitrogens with zero attached hydrogens (tertiary/aromatic N) is 4. The lowest BCUT2D eigenvalue weighted by atomic mass is 10.1. The number of fused-ring (bicyclic) bond motifs is 1. The summed E-state index contributed by atoms with van der Waals surface area (Å²) >= 11 is 0. The van der Waals surface area contributed by atoms with Gasteiger partial charge in [-0.05, 0) is 50.2 Å². The predicted octanol–water partition coefficient (Wildman–Crippen LogP) is 5.00. The molecule has 4 rings (SSSR count). The van der Waals surface area contributed by atoms with Crippen LogP contribution in [0.5, 0.6) is 11.5 Å². The van der Waals surface area contributed by atoms with Crippen LogP contribution in [-0.2, 0) is 9.53 Å². The minimum atomic E-state index is -0.853. The molecule has 0 aliphatic carbocycles. The Balaban J connectivity index is 0.000000655. The highest BCUT2D eigenvalue weighted by Gasteiger charge is 2.17. The molecule has 0 saturated heterocycles. The number of halogens is 2. The maximum atomic E-state index is 14.1. The number of hydrogen-bond acceptors (Lipinski definition) is 7. The number of nitrogens with one attached hydrogen (secondary N) is 1. The topological polar surface area (TPSA) is 117 Å². The Morgan fingerprint density at radius 3 is 2.40 bits per heavy atom. The molecule has 0 spiro atoms. The van der Waals surface area contributed by atoms with Crippen molar-refractivity contribution in [3.8, 4) is 22.8 Å². The Morgan fingerprint density at radius 2 is 1.77 bits per heavy atom. The molecule has 0 unspecified atom stereocenters. The normalized spacial score (nSPS) is 10.0. The predicted molar refractivity (Wildman–Crippen MR) is 130 cm³/mol. The Morgan fingerprint density at radius 1 is 1.09 bits per heavy atom. The van der Waals surface area contributed by atoms with Gasteiger partial charge in [-0.1, -0.05) is 13.8 Å². The SMILES string of the molecule is CC.CCOC.Cc1nnc2c(NC=O)cc(-c3cc(N)ccc3Oc3ccc(F)cc3F)nn12. The van der Waals surface area contributed by atoms with E-state index >= 15 is 0 Å². The highest BCUT2D eigenvalue weighted by molar-refractivity contribution is 5.84. The van der Waals surface area contributed by atoms with E-state index in [9.17, 15) is 13.6 Å². The van der Waals surface area contributed by atoms with Crippen LogP contribution in [0.15, 0.2) is 42.5 Å². The van der Waals surface area contributed by atoms with Crippen molar-refractivity contribution < 1.29 is 23.0 Å². The molecule has 1 amide bonds. The first kappa shape index (κ1) is 27.1. The van der Waals surface area contributed by atoms with Gasteiger partial charge in [0.15, 0.2) is 17.4 Å². The molecule has 2 aromatic heterocycles. The van der Waals surface area contributed by atoms with E-state index in [1.165, 1.54) is 10.6 Å². The van der Waals surface area contributed by atoms with Crippen LogP contribution >= 0.6 is 0 Å². The van der Waals surface area contributed by atoms with E-state index in [0.29, 0.717) is 40.5 Å². The summed E-state index contributed by atoms with van der Waals surface area (Å²) in [4.78, 5) is 11.0. The molecule has 0 fully saturated rings. The van der Waals surface area contributed by atoms with Gasteiger partial charge in [-0.3, -0.25) is 4.79 Å². The Bertz CT molecular complexity index is 1280. The molecule has 4 aromatic rings. The Kier molecular flexibility index (Phi) is 10.0. The fourth-order valence-corrected chi connectivity index (χ4v) is 2.80. The number of rotatable bonds is 6. The molecule has 0 bridgehead atoms. The van der Waals surface area contributed by atoms with Gasteiger partial charge in [-0.15, -0.1) is 10.2 Å². The number of anilines is 2. The van der Waals surface area contributed by atoms with Crippen LogP contribution in [0, 0.1) is 18.6 Å². The van der Waals surface area contributed by atoms with Crippen LogP contribution in [0.4, 0.5) is 20.2 Å². The lowest BCUT2D eigenvalue weighted by molar-refractivity contribution is -0.105. The highest BCUT2D eigenvalue weighted by atomic mass is 19.1. The second-order valence-corrected chi connectivity index (χ2v) is 6.70. The van der Waals surface area contributed by atoms with Crippen LogP contribution in [0.1, 0.15) is 26.6 Å². The smallest absolute Gasteiger partial charge is 0.211 e. The largest absolute Gasteiger partial charge is 0.454 e. The van der Waals surface area contributed by atoms with E-state index < -0.39 is 11.6 Å².